The van der Waals surface area contributed by atoms with Crippen LogP contribution < -0.4 is 4.90 Å². The highest BCUT2D eigenvalue weighted by molar-refractivity contribution is 5.93. The molecule has 106 valence electrons. The molecule has 0 fully saturated rings. The number of hydrogen-bond donors (Lipinski definition) is 0. The Morgan fingerprint density at radius 2 is 1.95 bits per heavy atom. The molecule has 0 bridgehead atoms. The van der Waals surface area contributed by atoms with E-state index in [4.69, 9.17) is 11.3 Å². The van der Waals surface area contributed by atoms with Gasteiger partial charge in [-0.15, -0.1) is 0 Å². The van der Waals surface area contributed by atoms with E-state index in [1.807, 2.05) is 42.3 Å². The lowest BCUT2D eigenvalue weighted by atomic mass is 10.1. The van der Waals surface area contributed by atoms with Gasteiger partial charge in [0.2, 0.25) is 5.69 Å². The van der Waals surface area contributed by atoms with E-state index in [-0.39, 0.29) is 0 Å². The van der Waals surface area contributed by atoms with Gasteiger partial charge in [0.05, 0.1) is 13.2 Å². The average molecular weight is 280 g/mol. The van der Waals surface area contributed by atoms with Crippen LogP contribution in [0.1, 0.15) is 17.3 Å². The molecule has 21 heavy (non-hydrogen) atoms. The lowest BCUT2D eigenvalue weighted by Gasteiger charge is -2.21. The van der Waals surface area contributed by atoms with Crippen molar-refractivity contribution in [2.75, 3.05) is 18.6 Å². The van der Waals surface area contributed by atoms with E-state index in [2.05, 4.69) is 4.85 Å². The van der Waals surface area contributed by atoms with E-state index < -0.39 is 5.97 Å². The van der Waals surface area contributed by atoms with Crippen molar-refractivity contribution in [2.45, 2.75) is 6.92 Å². The first-order valence-electron chi connectivity index (χ1n) is 6.64. The Kier molecular flexibility index (Phi) is 4.57. The quantitative estimate of drug-likeness (QED) is 0.622. The van der Waals surface area contributed by atoms with E-state index in [0.717, 1.165) is 11.4 Å². The third-order valence-electron chi connectivity index (χ3n) is 3.11. The van der Waals surface area contributed by atoms with E-state index in [1.54, 1.807) is 25.1 Å². The van der Waals surface area contributed by atoms with Gasteiger partial charge in [0.25, 0.3) is 0 Å². The number of benzene rings is 2. The molecule has 0 amide bonds. The summed E-state index contributed by atoms with van der Waals surface area (Å²) in [7, 11) is 1.89. The van der Waals surface area contributed by atoms with E-state index in [1.165, 1.54) is 0 Å². The summed E-state index contributed by atoms with van der Waals surface area (Å²) in [6, 6.07) is 14.8. The minimum Gasteiger partial charge on any atom is -0.462 e. The van der Waals surface area contributed by atoms with Gasteiger partial charge in [-0.25, -0.2) is 9.64 Å². The number of ether oxygens (including phenoxy) is 1. The van der Waals surface area contributed by atoms with Gasteiger partial charge >= 0.3 is 5.97 Å². The zero-order valence-corrected chi connectivity index (χ0v) is 12.0. The van der Waals surface area contributed by atoms with Crippen LogP contribution in [-0.2, 0) is 4.74 Å². The van der Waals surface area contributed by atoms with Gasteiger partial charge in [0.1, 0.15) is 0 Å². The highest BCUT2D eigenvalue weighted by Gasteiger charge is 2.13. The van der Waals surface area contributed by atoms with Crippen LogP contribution in [0, 0.1) is 6.57 Å². The number of hydrogen-bond acceptors (Lipinski definition) is 3. The third kappa shape index (κ3) is 3.21. The molecule has 4 nitrogen and oxygen atoms in total. The maximum absolute atomic E-state index is 11.7. The second-order valence-corrected chi connectivity index (χ2v) is 4.43. The third-order valence-corrected chi connectivity index (χ3v) is 3.11. The molecule has 0 aliphatic rings. The molecule has 0 saturated carbocycles. The molecule has 0 saturated heterocycles. The van der Waals surface area contributed by atoms with Gasteiger partial charge in [0.15, 0.2) is 0 Å². The summed E-state index contributed by atoms with van der Waals surface area (Å²) in [4.78, 5) is 17.2. The number of para-hydroxylation sites is 1. The smallest absolute Gasteiger partial charge is 0.336 e. The zero-order valence-electron chi connectivity index (χ0n) is 12.0. The van der Waals surface area contributed by atoms with Crippen molar-refractivity contribution >= 4 is 23.0 Å². The van der Waals surface area contributed by atoms with Crippen molar-refractivity contribution in [3.63, 3.8) is 0 Å². The molecule has 0 heterocycles. The number of nitrogens with zero attached hydrogens (tertiary/aromatic N) is 2. The molecule has 0 spiro atoms. The van der Waals surface area contributed by atoms with Gasteiger partial charge in [-0.2, -0.15) is 0 Å². The van der Waals surface area contributed by atoms with Crippen LogP contribution in [-0.4, -0.2) is 19.6 Å². The Labute approximate surface area is 124 Å². The molecule has 0 unspecified atom stereocenters. The topological polar surface area (TPSA) is 33.9 Å². The molecule has 2 aromatic carbocycles. The summed E-state index contributed by atoms with van der Waals surface area (Å²) in [5.41, 5.74) is 2.55. The molecule has 2 rings (SSSR count). The minimum absolute atomic E-state index is 0.317. The fourth-order valence-corrected chi connectivity index (χ4v) is 2.03. The summed E-state index contributed by atoms with van der Waals surface area (Å²) in [5, 5.41) is 0. The van der Waals surface area contributed by atoms with Crippen molar-refractivity contribution < 1.29 is 9.53 Å². The molecular weight excluding hydrogens is 264 g/mol. The number of esters is 1. The first-order chi connectivity index (χ1) is 10.2. The fourth-order valence-electron chi connectivity index (χ4n) is 2.03. The molecule has 0 radical (unpaired) electrons. The summed E-state index contributed by atoms with van der Waals surface area (Å²) in [5.74, 6) is -0.406. The standard InChI is InChI=1S/C17H16N2O2/c1-4-21-17(20)13-10-11-16(15(12-13)18-2)19(3)14-8-6-5-7-9-14/h5-12H,4H2,1,3H3. The predicted molar refractivity (Wildman–Crippen MR) is 83.2 cm³/mol. The van der Waals surface area contributed by atoms with E-state index in [0.29, 0.717) is 17.9 Å². The van der Waals surface area contributed by atoms with Crippen molar-refractivity contribution in [1.29, 1.82) is 0 Å². The van der Waals surface area contributed by atoms with E-state index >= 15 is 0 Å². The lowest BCUT2D eigenvalue weighted by molar-refractivity contribution is 0.0526. The molecule has 4 heteroatoms. The first kappa shape index (κ1) is 14.6. The van der Waals surface area contributed by atoms with E-state index in [9.17, 15) is 4.79 Å². The largest absolute Gasteiger partial charge is 0.462 e. The van der Waals surface area contributed by atoms with Crippen LogP contribution >= 0.6 is 0 Å². The van der Waals surface area contributed by atoms with Crippen LogP contribution in [0.25, 0.3) is 4.85 Å². The maximum Gasteiger partial charge on any atom is 0.336 e. The number of carbonyl (C=O) groups excluding carboxylic acids is 1. The van der Waals surface area contributed by atoms with Crippen molar-refractivity contribution in [1.82, 2.24) is 0 Å². The second-order valence-electron chi connectivity index (χ2n) is 4.43. The number of anilines is 2. The molecular formula is C17H16N2O2. The Bertz CT molecular complexity index is 675. The first-order valence-corrected chi connectivity index (χ1v) is 6.64. The van der Waals surface area contributed by atoms with Crippen molar-refractivity contribution in [3.8, 4) is 0 Å². The fraction of sp³-hybridized carbons (Fsp3) is 0.176. The summed E-state index contributed by atoms with van der Waals surface area (Å²) < 4.78 is 4.96. The van der Waals surface area contributed by atoms with Crippen LogP contribution in [0.5, 0.6) is 0 Å². The minimum atomic E-state index is -0.406. The molecule has 0 N–H and O–H groups in total. The molecule has 0 aliphatic carbocycles. The predicted octanol–water partition coefficient (Wildman–Crippen LogP) is 4.18. The van der Waals surface area contributed by atoms with Gasteiger partial charge in [-0.3, -0.25) is 0 Å². The number of carbonyl (C=O) groups is 1. The van der Waals surface area contributed by atoms with Crippen LogP contribution in [0.4, 0.5) is 17.1 Å². The zero-order chi connectivity index (χ0) is 15.2. The Balaban J connectivity index is 2.37. The van der Waals surface area contributed by atoms with Crippen LogP contribution in [0.2, 0.25) is 0 Å². The van der Waals surface area contributed by atoms with Crippen LogP contribution in [0.3, 0.4) is 0 Å². The highest BCUT2D eigenvalue weighted by Crippen LogP contribution is 2.33. The van der Waals surface area contributed by atoms with Crippen LogP contribution in [0.15, 0.2) is 48.5 Å². The van der Waals surface area contributed by atoms with Crippen molar-refractivity contribution in [2.24, 2.45) is 0 Å². The normalized spacial score (nSPS) is 9.76. The second kappa shape index (κ2) is 6.58. The van der Waals surface area contributed by atoms with Gasteiger partial charge in [0, 0.05) is 24.0 Å². The van der Waals surface area contributed by atoms with Gasteiger partial charge in [-0.05, 0) is 37.3 Å². The number of rotatable bonds is 4. The summed E-state index contributed by atoms with van der Waals surface area (Å²) >= 11 is 0. The molecule has 0 atom stereocenters. The Morgan fingerprint density at radius 1 is 1.24 bits per heavy atom. The lowest BCUT2D eigenvalue weighted by Crippen LogP contribution is -2.10. The molecule has 0 aliphatic heterocycles. The summed E-state index contributed by atoms with van der Waals surface area (Å²) in [6.07, 6.45) is 0. The summed E-state index contributed by atoms with van der Waals surface area (Å²) in [6.45, 7) is 9.40. The average Bonchev–Trinajstić information content (AvgIpc) is 2.54. The highest BCUT2D eigenvalue weighted by atomic mass is 16.5. The Hall–Kier alpha value is -2.80. The molecule has 2 aromatic rings. The maximum atomic E-state index is 11.7. The monoisotopic (exact) mass is 280 g/mol. The van der Waals surface area contributed by atoms with Crippen molar-refractivity contribution in [3.05, 3.63) is 65.5 Å². The van der Waals surface area contributed by atoms with Gasteiger partial charge < -0.3 is 9.64 Å². The SMILES string of the molecule is [C-]#[N+]c1cc(C(=O)OCC)ccc1N(C)c1ccccc1. The molecule has 0 aromatic heterocycles. The van der Waals surface area contributed by atoms with Gasteiger partial charge in [-0.1, -0.05) is 18.2 Å². The Morgan fingerprint density at radius 3 is 2.57 bits per heavy atom.